The van der Waals surface area contributed by atoms with E-state index in [4.69, 9.17) is 10.9 Å². The Kier molecular flexibility index (Phi) is 3.44. The van der Waals surface area contributed by atoms with Crippen LogP contribution in [0.4, 0.5) is 0 Å². The topological polar surface area (TPSA) is 102 Å². The van der Waals surface area contributed by atoms with Crippen LogP contribution in [0, 0.1) is 34.6 Å². The second-order valence-electron chi connectivity index (χ2n) is 4.80. The maximum Gasteiger partial charge on any atom is 0.187 e. The molecular weight excluding hydrogens is 256 g/mol. The predicted octanol–water partition coefficient (Wildman–Crippen LogP) is 1.30. The highest BCUT2D eigenvalue weighted by Crippen LogP contribution is 2.21. The normalized spacial score (nSPS) is 11.9. The first kappa shape index (κ1) is 14.0. The Hall–Kier alpha value is -2.44. The van der Waals surface area contributed by atoms with Gasteiger partial charge in [0.15, 0.2) is 11.7 Å². The van der Waals surface area contributed by atoms with E-state index in [1.807, 2.05) is 34.6 Å². The molecule has 0 spiro atoms. The SMILES string of the molecule is Cc1nnc(-n2nc(C)c(C)c2C)c(C(N)=NO)c1C. The van der Waals surface area contributed by atoms with Crippen molar-refractivity contribution in [3.8, 4) is 5.82 Å². The zero-order chi connectivity index (χ0) is 15.0. The zero-order valence-electron chi connectivity index (χ0n) is 12.3. The highest BCUT2D eigenvalue weighted by molar-refractivity contribution is 6.01. The number of oxime groups is 1. The molecule has 0 bridgehead atoms. The number of nitrogens with two attached hydrogens (primary N) is 1. The molecule has 3 N–H and O–H groups in total. The molecule has 0 aromatic carbocycles. The van der Waals surface area contributed by atoms with E-state index in [0.29, 0.717) is 11.4 Å². The summed E-state index contributed by atoms with van der Waals surface area (Å²) in [5.41, 5.74) is 10.8. The molecule has 2 rings (SSSR count). The van der Waals surface area contributed by atoms with E-state index in [2.05, 4.69) is 20.5 Å². The average molecular weight is 274 g/mol. The van der Waals surface area contributed by atoms with Gasteiger partial charge in [0.25, 0.3) is 0 Å². The molecule has 0 aliphatic rings. The molecule has 2 heterocycles. The first-order valence-electron chi connectivity index (χ1n) is 6.23. The van der Waals surface area contributed by atoms with Crippen molar-refractivity contribution in [2.45, 2.75) is 34.6 Å². The molecule has 7 heteroatoms. The molecule has 0 saturated heterocycles. The maximum atomic E-state index is 8.99. The van der Waals surface area contributed by atoms with E-state index in [9.17, 15) is 0 Å². The lowest BCUT2D eigenvalue weighted by Crippen LogP contribution is -2.21. The Bertz CT molecular complexity index is 701. The Labute approximate surface area is 117 Å². The first-order chi connectivity index (χ1) is 9.38. The van der Waals surface area contributed by atoms with Gasteiger partial charge in [-0.2, -0.15) is 10.2 Å². The molecule has 0 amide bonds. The molecule has 0 atom stereocenters. The highest BCUT2D eigenvalue weighted by atomic mass is 16.4. The first-order valence-corrected chi connectivity index (χ1v) is 6.23. The molecule has 2 aromatic rings. The molecule has 0 aliphatic heterocycles. The Balaban J connectivity index is 2.81. The maximum absolute atomic E-state index is 8.99. The van der Waals surface area contributed by atoms with E-state index >= 15 is 0 Å². The average Bonchev–Trinajstić information content (AvgIpc) is 2.68. The lowest BCUT2D eigenvalue weighted by molar-refractivity contribution is 0.318. The lowest BCUT2D eigenvalue weighted by atomic mass is 10.1. The third kappa shape index (κ3) is 2.01. The van der Waals surface area contributed by atoms with E-state index in [0.717, 1.165) is 28.2 Å². The van der Waals surface area contributed by atoms with Crippen molar-refractivity contribution >= 4 is 5.84 Å². The van der Waals surface area contributed by atoms with Gasteiger partial charge in [0.1, 0.15) is 0 Å². The van der Waals surface area contributed by atoms with Crippen LogP contribution in [-0.4, -0.2) is 31.0 Å². The number of aryl methyl sites for hydroxylation is 2. The van der Waals surface area contributed by atoms with E-state index in [1.165, 1.54) is 0 Å². The van der Waals surface area contributed by atoms with Gasteiger partial charge in [-0.1, -0.05) is 5.16 Å². The minimum atomic E-state index is 0.000654. The predicted molar refractivity (Wildman–Crippen MR) is 75.3 cm³/mol. The zero-order valence-corrected chi connectivity index (χ0v) is 12.3. The smallest absolute Gasteiger partial charge is 0.187 e. The number of amidine groups is 1. The Morgan fingerprint density at radius 1 is 1.05 bits per heavy atom. The van der Waals surface area contributed by atoms with Crippen LogP contribution in [0.25, 0.3) is 5.82 Å². The number of hydrogen-bond acceptors (Lipinski definition) is 5. The summed E-state index contributed by atoms with van der Waals surface area (Å²) in [6, 6.07) is 0. The van der Waals surface area contributed by atoms with E-state index in [1.54, 1.807) is 4.68 Å². The molecule has 0 unspecified atom stereocenters. The second-order valence-corrected chi connectivity index (χ2v) is 4.80. The largest absolute Gasteiger partial charge is 0.409 e. The summed E-state index contributed by atoms with van der Waals surface area (Å²) in [7, 11) is 0. The van der Waals surface area contributed by atoms with Gasteiger partial charge < -0.3 is 10.9 Å². The molecular formula is C13H18N6O. The van der Waals surface area contributed by atoms with E-state index in [-0.39, 0.29) is 5.84 Å². The van der Waals surface area contributed by atoms with Crippen LogP contribution >= 0.6 is 0 Å². The summed E-state index contributed by atoms with van der Waals surface area (Å²) in [5, 5.41) is 24.8. The highest BCUT2D eigenvalue weighted by Gasteiger charge is 2.20. The summed E-state index contributed by atoms with van der Waals surface area (Å²) >= 11 is 0. The molecule has 2 aromatic heterocycles. The summed E-state index contributed by atoms with van der Waals surface area (Å²) in [6.45, 7) is 9.55. The minimum absolute atomic E-state index is 0.000654. The summed E-state index contributed by atoms with van der Waals surface area (Å²) < 4.78 is 1.68. The van der Waals surface area contributed by atoms with Crippen LogP contribution in [0.1, 0.15) is 33.8 Å². The van der Waals surface area contributed by atoms with Gasteiger partial charge in [0, 0.05) is 5.69 Å². The summed E-state index contributed by atoms with van der Waals surface area (Å²) in [5.74, 6) is 0.470. The number of aromatic nitrogens is 4. The van der Waals surface area contributed by atoms with Crippen molar-refractivity contribution in [3.05, 3.63) is 33.8 Å². The second kappa shape index (κ2) is 4.92. The molecule has 20 heavy (non-hydrogen) atoms. The van der Waals surface area contributed by atoms with Crippen molar-refractivity contribution < 1.29 is 5.21 Å². The van der Waals surface area contributed by atoms with Gasteiger partial charge in [-0.3, -0.25) is 0 Å². The Morgan fingerprint density at radius 3 is 2.20 bits per heavy atom. The minimum Gasteiger partial charge on any atom is -0.409 e. The molecule has 106 valence electrons. The van der Waals surface area contributed by atoms with Crippen molar-refractivity contribution in [1.82, 2.24) is 20.0 Å². The number of hydrogen-bond donors (Lipinski definition) is 2. The third-order valence-corrected chi connectivity index (χ3v) is 3.65. The summed E-state index contributed by atoms with van der Waals surface area (Å²) in [4.78, 5) is 0. The Morgan fingerprint density at radius 2 is 1.70 bits per heavy atom. The standard InChI is InChI=1S/C13H18N6O/c1-6-9(4)17-19(10(6)5)13-11(12(14)18-20)7(2)8(3)15-16-13/h20H,1-5H3,(H2,14,18). The quantitative estimate of drug-likeness (QED) is 0.372. The molecule has 0 aliphatic carbocycles. The molecule has 7 nitrogen and oxygen atoms in total. The van der Waals surface area contributed by atoms with Crippen LogP contribution in [0.2, 0.25) is 0 Å². The van der Waals surface area contributed by atoms with Crippen molar-refractivity contribution in [2.24, 2.45) is 10.9 Å². The monoisotopic (exact) mass is 274 g/mol. The van der Waals surface area contributed by atoms with Crippen molar-refractivity contribution in [2.75, 3.05) is 0 Å². The fourth-order valence-electron chi connectivity index (χ4n) is 2.03. The fraction of sp³-hybridized carbons (Fsp3) is 0.385. The van der Waals surface area contributed by atoms with Crippen LogP contribution in [0.3, 0.4) is 0 Å². The van der Waals surface area contributed by atoms with Crippen molar-refractivity contribution in [3.63, 3.8) is 0 Å². The molecule has 0 radical (unpaired) electrons. The third-order valence-electron chi connectivity index (χ3n) is 3.65. The molecule has 0 fully saturated rings. The fourth-order valence-corrected chi connectivity index (χ4v) is 2.03. The van der Waals surface area contributed by atoms with Gasteiger partial charge in [-0.25, -0.2) is 4.68 Å². The van der Waals surface area contributed by atoms with Gasteiger partial charge in [0.05, 0.1) is 17.0 Å². The number of nitrogens with zero attached hydrogens (tertiary/aromatic N) is 5. The lowest BCUT2D eigenvalue weighted by Gasteiger charge is -2.12. The molecule has 0 saturated carbocycles. The van der Waals surface area contributed by atoms with Crippen LogP contribution < -0.4 is 5.73 Å². The number of rotatable bonds is 2. The van der Waals surface area contributed by atoms with Gasteiger partial charge >= 0.3 is 0 Å². The van der Waals surface area contributed by atoms with Crippen LogP contribution in [0.15, 0.2) is 5.16 Å². The van der Waals surface area contributed by atoms with Crippen molar-refractivity contribution in [1.29, 1.82) is 0 Å². The summed E-state index contributed by atoms with van der Waals surface area (Å²) in [6.07, 6.45) is 0. The van der Waals surface area contributed by atoms with E-state index < -0.39 is 0 Å². The van der Waals surface area contributed by atoms with Crippen LogP contribution in [-0.2, 0) is 0 Å². The van der Waals surface area contributed by atoms with Gasteiger partial charge in [0.2, 0.25) is 0 Å². The van der Waals surface area contributed by atoms with Gasteiger partial charge in [-0.05, 0) is 45.7 Å². The van der Waals surface area contributed by atoms with Crippen LogP contribution in [0.5, 0.6) is 0 Å². The van der Waals surface area contributed by atoms with Gasteiger partial charge in [-0.15, -0.1) is 5.10 Å².